The smallest absolute Gasteiger partial charge is 0.122 e. The lowest BCUT2D eigenvalue weighted by molar-refractivity contribution is 0.295. The second-order valence-electron chi connectivity index (χ2n) is 8.20. The number of fused-ring (bicyclic) bond motifs is 1. The van der Waals surface area contributed by atoms with Crippen molar-refractivity contribution >= 4 is 10.9 Å². The number of hydrogen-bond donors (Lipinski definition) is 2. The van der Waals surface area contributed by atoms with E-state index < -0.39 is 0 Å². The van der Waals surface area contributed by atoms with E-state index in [4.69, 9.17) is 4.74 Å². The van der Waals surface area contributed by atoms with E-state index in [-0.39, 0.29) is 5.54 Å². The molecule has 0 unspecified atom stereocenters. The van der Waals surface area contributed by atoms with Crippen LogP contribution in [0.4, 0.5) is 0 Å². The summed E-state index contributed by atoms with van der Waals surface area (Å²) in [4.78, 5) is 3.37. The molecular formula is C24H32N2O. The van der Waals surface area contributed by atoms with E-state index in [2.05, 4.69) is 85.8 Å². The Morgan fingerprint density at radius 1 is 0.889 bits per heavy atom. The number of aryl methyl sites for hydroxylation is 2. The van der Waals surface area contributed by atoms with Crippen LogP contribution in [0.1, 0.15) is 44.7 Å². The van der Waals surface area contributed by atoms with Gasteiger partial charge < -0.3 is 15.0 Å². The minimum absolute atomic E-state index is 0.167. The van der Waals surface area contributed by atoms with Crippen LogP contribution in [0.5, 0.6) is 5.75 Å². The molecule has 3 nitrogen and oxygen atoms in total. The molecule has 0 saturated heterocycles. The summed E-state index contributed by atoms with van der Waals surface area (Å²) in [7, 11) is 0. The first-order chi connectivity index (χ1) is 13.0. The van der Waals surface area contributed by atoms with Crippen LogP contribution in [0.15, 0.2) is 54.7 Å². The van der Waals surface area contributed by atoms with Crippen LogP contribution in [-0.2, 0) is 12.8 Å². The number of H-pyrrole nitrogens is 1. The van der Waals surface area contributed by atoms with Gasteiger partial charge in [-0.15, -0.1) is 0 Å². The van der Waals surface area contributed by atoms with Gasteiger partial charge in [-0.3, -0.25) is 0 Å². The maximum absolute atomic E-state index is 6.06. The number of rotatable bonds is 9. The number of ether oxygens (including phenoxy) is 1. The van der Waals surface area contributed by atoms with Gasteiger partial charge in [-0.25, -0.2) is 0 Å². The third-order valence-electron chi connectivity index (χ3n) is 4.77. The molecule has 2 aromatic carbocycles. The van der Waals surface area contributed by atoms with E-state index in [0.29, 0.717) is 0 Å². The zero-order valence-corrected chi connectivity index (χ0v) is 16.8. The molecule has 0 aliphatic heterocycles. The normalized spacial score (nSPS) is 11.8. The number of benzene rings is 2. The first kappa shape index (κ1) is 19.5. The number of nitrogens with one attached hydrogen (secondary N) is 2. The van der Waals surface area contributed by atoms with E-state index in [0.717, 1.165) is 44.6 Å². The highest BCUT2D eigenvalue weighted by molar-refractivity contribution is 5.82. The molecule has 0 amide bonds. The van der Waals surface area contributed by atoms with Crippen LogP contribution in [0.2, 0.25) is 0 Å². The van der Waals surface area contributed by atoms with Crippen molar-refractivity contribution in [1.29, 1.82) is 0 Å². The molecule has 1 aromatic heterocycles. The summed E-state index contributed by atoms with van der Waals surface area (Å²) in [6.45, 7) is 8.30. The summed E-state index contributed by atoms with van der Waals surface area (Å²) < 4.78 is 6.06. The Morgan fingerprint density at radius 2 is 1.63 bits per heavy atom. The van der Waals surface area contributed by atoms with Crippen molar-refractivity contribution < 1.29 is 4.74 Å². The first-order valence-electron chi connectivity index (χ1n) is 10.0. The Hall–Kier alpha value is -2.26. The van der Waals surface area contributed by atoms with E-state index in [1.54, 1.807) is 0 Å². The van der Waals surface area contributed by atoms with Crippen LogP contribution in [-0.4, -0.2) is 23.7 Å². The minimum atomic E-state index is 0.167. The maximum Gasteiger partial charge on any atom is 0.122 e. The molecule has 0 atom stereocenters. The average molecular weight is 365 g/mol. The Bertz CT molecular complexity index is 845. The molecule has 0 saturated carbocycles. The Labute approximate surface area is 163 Å². The molecule has 3 aromatic rings. The lowest BCUT2D eigenvalue weighted by Crippen LogP contribution is -2.36. The van der Waals surface area contributed by atoms with Crippen LogP contribution in [0, 0.1) is 0 Å². The molecule has 0 spiro atoms. The molecule has 1 heterocycles. The molecule has 0 radical (unpaired) electrons. The molecule has 27 heavy (non-hydrogen) atoms. The van der Waals surface area contributed by atoms with Gasteiger partial charge in [0.15, 0.2) is 0 Å². The summed E-state index contributed by atoms with van der Waals surface area (Å²) in [5, 5.41) is 4.85. The largest absolute Gasteiger partial charge is 0.493 e. The highest BCUT2D eigenvalue weighted by Gasteiger charge is 2.08. The lowest BCUT2D eigenvalue weighted by Gasteiger charge is -2.20. The number of hydrogen-bond acceptors (Lipinski definition) is 2. The van der Waals surface area contributed by atoms with Gasteiger partial charge in [-0.2, -0.15) is 0 Å². The van der Waals surface area contributed by atoms with E-state index in [1.807, 2.05) is 0 Å². The number of aromatic nitrogens is 1. The second kappa shape index (κ2) is 9.09. The molecule has 0 fully saturated rings. The lowest BCUT2D eigenvalue weighted by atomic mass is 10.0. The summed E-state index contributed by atoms with van der Waals surface area (Å²) in [5.41, 5.74) is 4.10. The molecule has 0 bridgehead atoms. The minimum Gasteiger partial charge on any atom is -0.493 e. The van der Waals surface area contributed by atoms with Crippen LogP contribution >= 0.6 is 0 Å². The quantitative estimate of drug-likeness (QED) is 0.492. The number of para-hydroxylation sites is 2. The molecule has 3 heteroatoms. The fraction of sp³-hybridized carbons (Fsp3) is 0.417. The third kappa shape index (κ3) is 5.86. The summed E-state index contributed by atoms with van der Waals surface area (Å²) in [5.74, 6) is 1.03. The Morgan fingerprint density at radius 3 is 2.48 bits per heavy atom. The molecule has 2 N–H and O–H groups in total. The summed E-state index contributed by atoms with van der Waals surface area (Å²) >= 11 is 0. The Balaban J connectivity index is 1.49. The molecule has 3 rings (SSSR count). The Kier molecular flexibility index (Phi) is 6.57. The van der Waals surface area contributed by atoms with Crippen molar-refractivity contribution in [3.05, 3.63) is 65.9 Å². The molecule has 144 valence electrons. The second-order valence-corrected chi connectivity index (χ2v) is 8.20. The van der Waals surface area contributed by atoms with Crippen molar-refractivity contribution in [2.75, 3.05) is 13.2 Å². The van der Waals surface area contributed by atoms with Gasteiger partial charge in [-0.1, -0.05) is 36.4 Å². The van der Waals surface area contributed by atoms with Crippen molar-refractivity contribution in [2.24, 2.45) is 0 Å². The SMILES string of the molecule is CC(C)(C)NCCCOc1ccccc1CCCc1c[nH]c2ccccc12. The van der Waals surface area contributed by atoms with Crippen molar-refractivity contribution in [1.82, 2.24) is 10.3 Å². The highest BCUT2D eigenvalue weighted by Crippen LogP contribution is 2.23. The van der Waals surface area contributed by atoms with Crippen molar-refractivity contribution in [2.45, 2.75) is 52.0 Å². The van der Waals surface area contributed by atoms with Gasteiger partial charge in [0.25, 0.3) is 0 Å². The topological polar surface area (TPSA) is 37.0 Å². The van der Waals surface area contributed by atoms with Gasteiger partial charge in [0.1, 0.15) is 5.75 Å². The highest BCUT2D eigenvalue weighted by atomic mass is 16.5. The van der Waals surface area contributed by atoms with Gasteiger partial charge in [-0.05, 0) is 76.3 Å². The van der Waals surface area contributed by atoms with Crippen LogP contribution < -0.4 is 10.1 Å². The first-order valence-corrected chi connectivity index (χ1v) is 10.0. The van der Waals surface area contributed by atoms with Crippen molar-refractivity contribution in [3.63, 3.8) is 0 Å². The standard InChI is InChI=1S/C24H32N2O/c1-24(2,3)26-16-9-17-27-23-15-7-4-10-19(23)11-8-12-20-18-25-22-14-6-5-13-21(20)22/h4-7,10,13-15,18,25-26H,8-9,11-12,16-17H2,1-3H3. The fourth-order valence-electron chi connectivity index (χ4n) is 3.38. The van der Waals surface area contributed by atoms with Gasteiger partial charge in [0.05, 0.1) is 6.61 Å². The number of aromatic amines is 1. The molecular weight excluding hydrogens is 332 g/mol. The van der Waals surface area contributed by atoms with Crippen molar-refractivity contribution in [3.8, 4) is 5.75 Å². The van der Waals surface area contributed by atoms with E-state index in [9.17, 15) is 0 Å². The van der Waals surface area contributed by atoms with E-state index in [1.165, 1.54) is 22.0 Å². The van der Waals surface area contributed by atoms with Gasteiger partial charge in [0.2, 0.25) is 0 Å². The van der Waals surface area contributed by atoms with Crippen LogP contribution in [0.25, 0.3) is 10.9 Å². The summed E-state index contributed by atoms with van der Waals surface area (Å²) in [6.07, 6.45) is 6.40. The fourth-order valence-corrected chi connectivity index (χ4v) is 3.38. The maximum atomic E-state index is 6.06. The predicted octanol–water partition coefficient (Wildman–Crippen LogP) is 5.50. The van der Waals surface area contributed by atoms with Gasteiger partial charge >= 0.3 is 0 Å². The monoisotopic (exact) mass is 364 g/mol. The summed E-state index contributed by atoms with van der Waals surface area (Å²) in [6, 6.07) is 17.0. The third-order valence-corrected chi connectivity index (χ3v) is 4.77. The molecule has 0 aliphatic rings. The molecule has 0 aliphatic carbocycles. The van der Waals surface area contributed by atoms with Gasteiger partial charge in [0, 0.05) is 22.6 Å². The van der Waals surface area contributed by atoms with E-state index >= 15 is 0 Å². The predicted molar refractivity (Wildman–Crippen MR) is 115 cm³/mol. The average Bonchev–Trinajstić information content (AvgIpc) is 3.05. The zero-order chi connectivity index (χ0) is 19.1. The van der Waals surface area contributed by atoms with Crippen LogP contribution in [0.3, 0.4) is 0 Å². The zero-order valence-electron chi connectivity index (χ0n) is 16.8.